The molecule has 0 aliphatic carbocycles. The smallest absolute Gasteiger partial charge is 0.249 e. The summed E-state index contributed by atoms with van der Waals surface area (Å²) in [6.45, 7) is -5.03. The average Bonchev–Trinajstić information content (AvgIpc) is 3.37. The predicted octanol–water partition coefficient (Wildman–Crippen LogP) is 1.66. The zero-order valence-corrected chi connectivity index (χ0v) is 15.8. The molecule has 1 aliphatic heterocycles. The quantitative estimate of drug-likeness (QED) is 0.668. The highest BCUT2D eigenvalue weighted by Crippen LogP contribution is 2.38. The van der Waals surface area contributed by atoms with Crippen LogP contribution in [0.2, 0.25) is 0 Å². The summed E-state index contributed by atoms with van der Waals surface area (Å²) >= 11 is 0. The molecule has 1 aromatic heterocycles. The summed E-state index contributed by atoms with van der Waals surface area (Å²) in [6.07, 6.45) is -3.67. The Morgan fingerprint density at radius 3 is 3.07 bits per heavy atom. The fourth-order valence-corrected chi connectivity index (χ4v) is 2.84. The van der Waals surface area contributed by atoms with E-state index in [1.165, 1.54) is 6.92 Å². The summed E-state index contributed by atoms with van der Waals surface area (Å²) in [5.41, 5.74) is 5.54. The fourth-order valence-electron chi connectivity index (χ4n) is 2.84. The topological polar surface area (TPSA) is 112 Å². The van der Waals surface area contributed by atoms with Crippen molar-refractivity contribution in [1.29, 1.82) is 0 Å². The van der Waals surface area contributed by atoms with E-state index in [0.29, 0.717) is 11.3 Å². The normalized spacial score (nSPS) is 25.0. The Morgan fingerprint density at radius 1 is 1.52 bits per heavy atom. The molecule has 158 valence electrons. The maximum atomic E-state index is 12.4. The maximum absolute atomic E-state index is 12.4. The van der Waals surface area contributed by atoms with E-state index in [-0.39, 0.29) is 24.0 Å². The number of rotatable bonds is 8. The molecule has 1 atom stereocenters. The number of amides is 1. The van der Waals surface area contributed by atoms with E-state index in [1.807, 2.05) is 5.32 Å². The Morgan fingerprint density at radius 2 is 2.34 bits per heavy atom. The second-order valence-electron chi connectivity index (χ2n) is 6.16. The van der Waals surface area contributed by atoms with Crippen molar-refractivity contribution >= 4 is 28.6 Å². The lowest BCUT2D eigenvalue weighted by atomic mass is 10.1. The third-order valence-electron chi connectivity index (χ3n) is 4.28. The molecule has 9 heteroatoms. The first kappa shape index (κ1) is 9.80. The van der Waals surface area contributed by atoms with Crippen LogP contribution >= 0.6 is 0 Å². The molecule has 1 aromatic carbocycles. The largest absolute Gasteiger partial charge is 0.493 e. The number of nitrogens with one attached hydrogen (secondary N) is 1. The van der Waals surface area contributed by atoms with E-state index in [4.69, 9.17) is 37.8 Å². The fraction of sp³-hybridized carbons (Fsp3) is 0.550. The van der Waals surface area contributed by atoms with Gasteiger partial charge in [-0.2, -0.15) is 4.98 Å². The van der Waals surface area contributed by atoms with E-state index in [1.54, 1.807) is 0 Å². The van der Waals surface area contributed by atoms with Crippen molar-refractivity contribution < 1.29 is 36.8 Å². The number of nitrogen functional groups attached to an aromatic ring is 1. The van der Waals surface area contributed by atoms with Gasteiger partial charge in [-0.05, 0) is 26.1 Å². The summed E-state index contributed by atoms with van der Waals surface area (Å²) in [4.78, 5) is 20.9. The lowest BCUT2D eigenvalue weighted by molar-refractivity contribution is -0.130. The number of carbonyl (C=O) groups excluding carboxylic acids is 1. The van der Waals surface area contributed by atoms with E-state index in [2.05, 4.69) is 9.97 Å². The maximum Gasteiger partial charge on any atom is 0.249 e. The van der Waals surface area contributed by atoms with Gasteiger partial charge in [-0.3, -0.25) is 4.79 Å². The number of hydrogen-bond donors (Lipinski definition) is 2. The molecule has 0 bridgehead atoms. The number of anilines is 2. The summed E-state index contributed by atoms with van der Waals surface area (Å²) in [6, 6.07) is -0.808. The van der Waals surface area contributed by atoms with Crippen LogP contribution in [0.5, 0.6) is 11.5 Å². The first-order chi connectivity index (χ1) is 18.9. The van der Waals surface area contributed by atoms with Crippen LogP contribution < -0.4 is 25.4 Å². The number of methoxy groups -OCH3 is 2. The van der Waals surface area contributed by atoms with Gasteiger partial charge < -0.3 is 30.2 Å². The van der Waals surface area contributed by atoms with Crippen molar-refractivity contribution in [2.45, 2.75) is 32.2 Å². The molecular formula is C20H29N5O4. The van der Waals surface area contributed by atoms with Gasteiger partial charge in [-0.15, -0.1) is 0 Å². The number of ether oxygens (including phenoxy) is 3. The number of aromatic nitrogens is 2. The lowest BCUT2D eigenvalue weighted by Crippen LogP contribution is -2.36. The Balaban J connectivity index is 2.13. The number of hydrogen-bond acceptors (Lipinski definition) is 8. The van der Waals surface area contributed by atoms with E-state index in [9.17, 15) is 4.79 Å². The highest BCUT2D eigenvalue weighted by Gasteiger charge is 2.23. The number of aryl methyl sites for hydroxylation is 1. The summed E-state index contributed by atoms with van der Waals surface area (Å²) in [7, 11) is -5.28. The molecule has 1 saturated heterocycles. The Labute approximate surface area is 188 Å². The molecule has 3 N–H and O–H groups in total. The van der Waals surface area contributed by atoms with Crippen LogP contribution in [0.15, 0.2) is 6.04 Å². The minimum absolute atomic E-state index is 0.116. The summed E-state index contributed by atoms with van der Waals surface area (Å²) in [5, 5.41) is 1.71. The molecule has 1 fully saturated rings. The zero-order chi connectivity index (χ0) is 32.2. The number of benzene rings is 1. The van der Waals surface area contributed by atoms with E-state index in [0.717, 1.165) is 7.05 Å². The minimum atomic E-state index is -3.47. The molecule has 3 rings (SSSR count). The van der Waals surface area contributed by atoms with Crippen LogP contribution in [0.25, 0.3) is 10.9 Å². The number of nitrogens with zero attached hydrogens (tertiary/aromatic N) is 3. The molecule has 2 aromatic rings. The van der Waals surface area contributed by atoms with Crippen molar-refractivity contribution in [3.8, 4) is 11.5 Å². The predicted molar refractivity (Wildman–Crippen MR) is 112 cm³/mol. The van der Waals surface area contributed by atoms with Gasteiger partial charge in [-0.25, -0.2) is 4.98 Å². The first-order valence-electron chi connectivity index (χ1n) is 15.1. The van der Waals surface area contributed by atoms with E-state index >= 15 is 0 Å². The van der Waals surface area contributed by atoms with Crippen molar-refractivity contribution in [2.75, 3.05) is 51.4 Å². The van der Waals surface area contributed by atoms with Crippen LogP contribution in [-0.4, -0.2) is 62.7 Å². The molecule has 2 heterocycles. The average molecular weight is 417 g/mol. The van der Waals surface area contributed by atoms with Gasteiger partial charge >= 0.3 is 0 Å². The third kappa shape index (κ3) is 4.45. The zero-order valence-electron chi connectivity index (χ0n) is 28.8. The van der Waals surface area contributed by atoms with Gasteiger partial charge in [0.15, 0.2) is 11.5 Å². The van der Waals surface area contributed by atoms with Crippen molar-refractivity contribution in [3.05, 3.63) is 11.6 Å². The van der Waals surface area contributed by atoms with Crippen molar-refractivity contribution in [2.24, 2.45) is 0 Å². The molecule has 0 spiro atoms. The van der Waals surface area contributed by atoms with Crippen LogP contribution in [0.4, 0.5) is 11.8 Å². The minimum Gasteiger partial charge on any atom is -0.493 e. The molecule has 0 radical (unpaired) electrons. The molecular weight excluding hydrogens is 374 g/mol. The van der Waals surface area contributed by atoms with Crippen LogP contribution in [0, 0.1) is 6.92 Å². The number of nitrogens with two attached hydrogens (primary N) is 1. The van der Waals surface area contributed by atoms with Gasteiger partial charge in [0, 0.05) is 51.9 Å². The van der Waals surface area contributed by atoms with Crippen molar-refractivity contribution in [1.82, 2.24) is 15.3 Å². The standard InChI is InChI=1S/C20H29N5O4/c1-12-16-13(11-15(27-3)17(12)28-4)23-20(24-18(16)21)25(2)9-6-8-22-19(26)14-7-5-10-29-14/h11,14H,5-10H2,1-4H3,(H,22,26)(H2,21,23,24)/i3D3,4D3,6D2,8D2,9D2,11D. The lowest BCUT2D eigenvalue weighted by Gasteiger charge is -2.20. The van der Waals surface area contributed by atoms with E-state index < -0.39 is 80.3 Å². The second kappa shape index (κ2) is 9.13. The summed E-state index contributed by atoms with van der Waals surface area (Å²) in [5.74, 6) is -3.53. The number of fused-ring (bicyclic) bond motifs is 1. The van der Waals surface area contributed by atoms with Crippen LogP contribution in [0.3, 0.4) is 0 Å². The molecule has 1 aliphatic rings. The van der Waals surface area contributed by atoms with Gasteiger partial charge in [0.1, 0.15) is 11.9 Å². The third-order valence-corrected chi connectivity index (χ3v) is 4.28. The highest BCUT2D eigenvalue weighted by atomic mass is 16.5. The Kier molecular flexibility index (Phi) is 3.08. The molecule has 0 saturated carbocycles. The van der Waals surface area contributed by atoms with Crippen molar-refractivity contribution in [3.63, 3.8) is 0 Å². The van der Waals surface area contributed by atoms with Gasteiger partial charge in [-0.1, -0.05) is 0 Å². The Hall–Kier alpha value is -2.81. The van der Waals surface area contributed by atoms with Crippen LogP contribution in [0.1, 0.15) is 42.6 Å². The molecule has 29 heavy (non-hydrogen) atoms. The first-order valence-corrected chi connectivity index (χ1v) is 8.57. The highest BCUT2D eigenvalue weighted by molar-refractivity contribution is 5.95. The molecule has 9 nitrogen and oxygen atoms in total. The number of carbonyl (C=O) groups is 1. The van der Waals surface area contributed by atoms with Gasteiger partial charge in [0.05, 0.1) is 29.2 Å². The van der Waals surface area contributed by atoms with Gasteiger partial charge in [0.2, 0.25) is 11.9 Å². The second-order valence-corrected chi connectivity index (χ2v) is 6.16. The monoisotopic (exact) mass is 416 g/mol. The van der Waals surface area contributed by atoms with Gasteiger partial charge in [0.25, 0.3) is 0 Å². The van der Waals surface area contributed by atoms with Crippen LogP contribution in [-0.2, 0) is 9.53 Å². The molecule has 1 amide bonds. The Bertz CT molecular complexity index is 1360. The molecule has 1 unspecified atom stereocenters. The summed E-state index contributed by atoms with van der Waals surface area (Å²) < 4.78 is 118. The SMILES string of the molecule is [2H]c1c(OC([2H])([2H])[2H])c(OC([2H])([2H])[2H])c(C)c2c(N)nc(N(C)C([2H])([2H])C([2H])([2H])C([2H])([2H])NC(=O)C3CCCO3)nc12.